The summed E-state index contributed by atoms with van der Waals surface area (Å²) < 4.78 is 0. The van der Waals surface area contributed by atoms with Gasteiger partial charge in [0.05, 0.1) is 5.57 Å². The van der Waals surface area contributed by atoms with Crippen molar-refractivity contribution < 1.29 is 14.7 Å². The zero-order valence-electron chi connectivity index (χ0n) is 8.81. The number of benzene rings is 1. The molecule has 4 nitrogen and oxygen atoms in total. The van der Waals surface area contributed by atoms with Gasteiger partial charge in [-0.2, -0.15) is 0 Å². The molecule has 0 spiro atoms. The lowest BCUT2D eigenvalue weighted by Gasteiger charge is -2.21. The van der Waals surface area contributed by atoms with E-state index in [-0.39, 0.29) is 17.9 Å². The van der Waals surface area contributed by atoms with Crippen molar-refractivity contribution in [2.75, 3.05) is 0 Å². The SMILES string of the molecule is O=C1C[C@H](c2ccc(Cl)cc2)C(C(=O)O)=CN1. The van der Waals surface area contributed by atoms with E-state index >= 15 is 0 Å². The van der Waals surface area contributed by atoms with E-state index in [9.17, 15) is 9.59 Å². The molecule has 2 rings (SSSR count). The zero-order chi connectivity index (χ0) is 12.4. The van der Waals surface area contributed by atoms with Crippen LogP contribution in [-0.2, 0) is 9.59 Å². The summed E-state index contributed by atoms with van der Waals surface area (Å²) in [6.07, 6.45) is 1.40. The number of rotatable bonds is 2. The van der Waals surface area contributed by atoms with Gasteiger partial charge in [0.1, 0.15) is 0 Å². The number of nitrogens with one attached hydrogen (secondary N) is 1. The van der Waals surface area contributed by atoms with E-state index < -0.39 is 11.9 Å². The van der Waals surface area contributed by atoms with Gasteiger partial charge in [-0.3, -0.25) is 4.79 Å². The monoisotopic (exact) mass is 251 g/mol. The van der Waals surface area contributed by atoms with Gasteiger partial charge in [-0.25, -0.2) is 4.79 Å². The molecule has 0 saturated carbocycles. The Balaban J connectivity index is 2.37. The molecular formula is C12H10ClNO3. The third-order valence-electron chi connectivity index (χ3n) is 2.67. The van der Waals surface area contributed by atoms with Crippen LogP contribution in [-0.4, -0.2) is 17.0 Å². The molecule has 1 amide bonds. The molecule has 0 bridgehead atoms. The predicted octanol–water partition coefficient (Wildman–Crippen LogP) is 1.91. The number of carboxylic acids is 1. The summed E-state index contributed by atoms with van der Waals surface area (Å²) in [5.74, 6) is -1.63. The number of carbonyl (C=O) groups is 2. The third-order valence-corrected chi connectivity index (χ3v) is 2.92. The van der Waals surface area contributed by atoms with Crippen LogP contribution in [0.4, 0.5) is 0 Å². The second kappa shape index (κ2) is 4.59. The average molecular weight is 252 g/mol. The van der Waals surface area contributed by atoms with E-state index in [1.54, 1.807) is 24.3 Å². The molecule has 17 heavy (non-hydrogen) atoms. The molecule has 1 aliphatic heterocycles. The van der Waals surface area contributed by atoms with Crippen LogP contribution in [0.2, 0.25) is 5.02 Å². The van der Waals surface area contributed by atoms with Gasteiger partial charge < -0.3 is 10.4 Å². The fraction of sp³-hybridized carbons (Fsp3) is 0.167. The fourth-order valence-electron chi connectivity index (χ4n) is 1.82. The van der Waals surface area contributed by atoms with Gasteiger partial charge >= 0.3 is 5.97 Å². The van der Waals surface area contributed by atoms with Gasteiger partial charge in [0.25, 0.3) is 0 Å². The number of carbonyl (C=O) groups excluding carboxylic acids is 1. The first kappa shape index (κ1) is 11.7. The maximum absolute atomic E-state index is 11.3. The summed E-state index contributed by atoms with van der Waals surface area (Å²) in [5, 5.41) is 12.1. The van der Waals surface area contributed by atoms with E-state index in [1.165, 1.54) is 6.20 Å². The molecule has 0 aliphatic carbocycles. The first-order valence-corrected chi connectivity index (χ1v) is 5.44. The minimum absolute atomic E-state index is 0.139. The number of hydrogen-bond donors (Lipinski definition) is 2. The summed E-state index contributed by atoms with van der Waals surface area (Å²) in [6.45, 7) is 0. The predicted molar refractivity (Wildman–Crippen MR) is 62.7 cm³/mol. The largest absolute Gasteiger partial charge is 0.478 e. The highest BCUT2D eigenvalue weighted by molar-refractivity contribution is 6.30. The van der Waals surface area contributed by atoms with Crippen LogP contribution < -0.4 is 5.32 Å². The zero-order valence-corrected chi connectivity index (χ0v) is 9.57. The van der Waals surface area contributed by atoms with E-state index in [1.807, 2.05) is 0 Å². The Morgan fingerprint density at radius 1 is 1.35 bits per heavy atom. The fourth-order valence-corrected chi connectivity index (χ4v) is 1.94. The molecule has 1 aliphatic rings. The van der Waals surface area contributed by atoms with Gasteiger partial charge in [-0.05, 0) is 17.7 Å². The lowest BCUT2D eigenvalue weighted by Crippen LogP contribution is -2.29. The minimum Gasteiger partial charge on any atom is -0.478 e. The molecule has 0 radical (unpaired) electrons. The van der Waals surface area contributed by atoms with E-state index in [4.69, 9.17) is 16.7 Å². The van der Waals surface area contributed by atoms with Gasteiger partial charge in [0, 0.05) is 23.6 Å². The standard InChI is InChI=1S/C12H10ClNO3/c13-8-3-1-7(2-4-8)9-5-11(15)14-6-10(9)12(16)17/h1-4,6,9H,5H2,(H,14,15)(H,16,17)/t9-/m1/s1. The lowest BCUT2D eigenvalue weighted by molar-refractivity contribution is -0.133. The molecule has 2 N–H and O–H groups in total. The first-order chi connectivity index (χ1) is 8.08. The second-order valence-electron chi connectivity index (χ2n) is 3.78. The van der Waals surface area contributed by atoms with Crippen molar-refractivity contribution >= 4 is 23.5 Å². The quantitative estimate of drug-likeness (QED) is 0.844. The van der Waals surface area contributed by atoms with E-state index in [0.29, 0.717) is 5.02 Å². The van der Waals surface area contributed by atoms with Crippen LogP contribution in [0.5, 0.6) is 0 Å². The lowest BCUT2D eigenvalue weighted by atomic mass is 9.87. The molecule has 0 unspecified atom stereocenters. The summed E-state index contributed by atoms with van der Waals surface area (Å²) >= 11 is 5.77. The Morgan fingerprint density at radius 3 is 2.59 bits per heavy atom. The maximum Gasteiger partial charge on any atom is 0.333 e. The average Bonchev–Trinajstić information content (AvgIpc) is 2.29. The van der Waals surface area contributed by atoms with E-state index in [0.717, 1.165) is 5.56 Å². The molecule has 1 aromatic carbocycles. The van der Waals surface area contributed by atoms with Crippen molar-refractivity contribution in [1.82, 2.24) is 5.32 Å². The molecule has 1 heterocycles. The molecule has 0 aromatic heterocycles. The van der Waals surface area contributed by atoms with Crippen LogP contribution in [0.25, 0.3) is 0 Å². The number of halogens is 1. The van der Waals surface area contributed by atoms with Crippen LogP contribution in [0.3, 0.4) is 0 Å². The van der Waals surface area contributed by atoms with Gasteiger partial charge in [0.2, 0.25) is 5.91 Å². The van der Waals surface area contributed by atoms with Crippen molar-refractivity contribution in [2.24, 2.45) is 0 Å². The molecule has 0 fully saturated rings. The summed E-state index contributed by atoms with van der Waals surface area (Å²) in [7, 11) is 0. The Bertz CT molecular complexity index is 493. The number of hydrogen-bond acceptors (Lipinski definition) is 2. The highest BCUT2D eigenvalue weighted by Crippen LogP contribution is 2.30. The molecule has 1 atom stereocenters. The Kier molecular flexibility index (Phi) is 3.15. The molecule has 1 aromatic rings. The van der Waals surface area contributed by atoms with Crippen LogP contribution in [0.15, 0.2) is 36.0 Å². The molecular weight excluding hydrogens is 242 g/mol. The Morgan fingerprint density at radius 2 is 2.00 bits per heavy atom. The Hall–Kier alpha value is -1.81. The van der Waals surface area contributed by atoms with Gasteiger partial charge in [-0.15, -0.1) is 0 Å². The van der Waals surface area contributed by atoms with Gasteiger partial charge in [-0.1, -0.05) is 23.7 Å². The van der Waals surface area contributed by atoms with Crippen molar-refractivity contribution in [2.45, 2.75) is 12.3 Å². The van der Waals surface area contributed by atoms with Crippen molar-refractivity contribution in [3.8, 4) is 0 Å². The topological polar surface area (TPSA) is 66.4 Å². The highest BCUT2D eigenvalue weighted by Gasteiger charge is 2.28. The van der Waals surface area contributed by atoms with Crippen LogP contribution in [0.1, 0.15) is 17.9 Å². The summed E-state index contributed by atoms with van der Waals surface area (Å²) in [5.41, 5.74) is 0.963. The van der Waals surface area contributed by atoms with Crippen molar-refractivity contribution in [3.63, 3.8) is 0 Å². The maximum atomic E-state index is 11.3. The number of carboxylic acid groups (broad SMARTS) is 1. The highest BCUT2D eigenvalue weighted by atomic mass is 35.5. The number of amides is 1. The van der Waals surface area contributed by atoms with Crippen molar-refractivity contribution in [1.29, 1.82) is 0 Å². The van der Waals surface area contributed by atoms with Crippen molar-refractivity contribution in [3.05, 3.63) is 46.6 Å². The Labute approximate surface area is 103 Å². The summed E-state index contributed by atoms with van der Waals surface area (Å²) in [6, 6.07) is 6.84. The van der Waals surface area contributed by atoms with Crippen LogP contribution in [0, 0.1) is 0 Å². The summed E-state index contributed by atoms with van der Waals surface area (Å²) in [4.78, 5) is 22.4. The third kappa shape index (κ3) is 2.47. The minimum atomic E-state index is -1.02. The molecule has 88 valence electrons. The molecule has 0 saturated heterocycles. The van der Waals surface area contributed by atoms with Crippen LogP contribution >= 0.6 is 11.6 Å². The van der Waals surface area contributed by atoms with E-state index in [2.05, 4.69) is 5.32 Å². The first-order valence-electron chi connectivity index (χ1n) is 5.06. The normalized spacial score (nSPS) is 19.5. The second-order valence-corrected chi connectivity index (χ2v) is 4.22. The number of aliphatic carboxylic acids is 1. The molecule has 5 heteroatoms. The smallest absolute Gasteiger partial charge is 0.333 e. The van der Waals surface area contributed by atoms with Gasteiger partial charge in [0.15, 0.2) is 0 Å².